The molecule has 2 heterocycles. The molecule has 0 aliphatic carbocycles. The van der Waals surface area contributed by atoms with Crippen LogP contribution in [0.25, 0.3) is 0 Å². The highest BCUT2D eigenvalue weighted by molar-refractivity contribution is 5.92. The summed E-state index contributed by atoms with van der Waals surface area (Å²) in [6.45, 7) is 0. The minimum atomic E-state index is -1.12. The number of urea groups is 1. The minimum Gasteiger partial charge on any atom is -0.480 e. The van der Waals surface area contributed by atoms with Crippen molar-refractivity contribution in [2.45, 2.75) is 12.5 Å². The molecule has 2 aromatic heterocycles. The van der Waals surface area contributed by atoms with Gasteiger partial charge in [0.15, 0.2) is 0 Å². The molecule has 0 saturated heterocycles. The lowest BCUT2D eigenvalue weighted by Crippen LogP contribution is -2.44. The van der Waals surface area contributed by atoms with Crippen molar-refractivity contribution in [3.8, 4) is 0 Å². The van der Waals surface area contributed by atoms with Crippen molar-refractivity contribution >= 4 is 17.7 Å². The molecule has 1 unspecified atom stereocenters. The highest BCUT2D eigenvalue weighted by Crippen LogP contribution is 2.03. The van der Waals surface area contributed by atoms with Gasteiger partial charge in [0, 0.05) is 24.5 Å². The second kappa shape index (κ2) is 6.32. The van der Waals surface area contributed by atoms with E-state index >= 15 is 0 Å². The van der Waals surface area contributed by atoms with Gasteiger partial charge in [-0.2, -0.15) is 0 Å². The van der Waals surface area contributed by atoms with Gasteiger partial charge in [-0.05, 0) is 12.1 Å². The van der Waals surface area contributed by atoms with Gasteiger partial charge in [0.05, 0.1) is 18.2 Å². The van der Waals surface area contributed by atoms with Gasteiger partial charge in [-0.3, -0.25) is 4.98 Å². The van der Waals surface area contributed by atoms with E-state index in [2.05, 4.69) is 25.6 Å². The average Bonchev–Trinajstić information content (AvgIpc) is 2.92. The Morgan fingerprint density at radius 1 is 1.35 bits per heavy atom. The topological polar surface area (TPSA) is 120 Å². The molecule has 2 rings (SSSR count). The van der Waals surface area contributed by atoms with E-state index in [4.69, 9.17) is 5.11 Å². The molecule has 1 atom stereocenters. The molecule has 8 heteroatoms. The van der Waals surface area contributed by atoms with E-state index in [0.29, 0.717) is 11.4 Å². The first kappa shape index (κ1) is 13.5. The number of aromatic amines is 1. The lowest BCUT2D eigenvalue weighted by molar-refractivity contribution is -0.139. The molecular weight excluding hydrogens is 262 g/mol. The molecule has 0 saturated carbocycles. The van der Waals surface area contributed by atoms with Crippen LogP contribution < -0.4 is 10.6 Å². The Kier molecular flexibility index (Phi) is 4.28. The molecule has 2 amide bonds. The monoisotopic (exact) mass is 275 g/mol. The number of nitrogens with one attached hydrogen (secondary N) is 3. The van der Waals surface area contributed by atoms with Gasteiger partial charge in [-0.1, -0.05) is 0 Å². The van der Waals surface area contributed by atoms with E-state index < -0.39 is 18.0 Å². The van der Waals surface area contributed by atoms with E-state index in [0.717, 1.165) is 0 Å². The predicted octanol–water partition coefficient (Wildman–Crippen LogP) is 0.622. The standard InChI is InChI=1S/C12H13N5O3/c18-11(19)10(4-9-6-14-7-15-9)17-12(20)16-8-2-1-3-13-5-8/h1-3,5-7,10H,4H2,(H,14,15)(H,18,19)(H2,16,17,20). The molecule has 0 spiro atoms. The second-order valence-corrected chi connectivity index (χ2v) is 4.01. The number of hydrogen-bond donors (Lipinski definition) is 4. The number of carboxylic acid groups (broad SMARTS) is 1. The predicted molar refractivity (Wildman–Crippen MR) is 70.1 cm³/mol. The maximum absolute atomic E-state index is 11.7. The summed E-state index contributed by atoms with van der Waals surface area (Å²) in [5.41, 5.74) is 1.11. The van der Waals surface area contributed by atoms with Crippen LogP contribution in [0.1, 0.15) is 5.69 Å². The average molecular weight is 275 g/mol. The fourth-order valence-corrected chi connectivity index (χ4v) is 1.58. The fraction of sp³-hybridized carbons (Fsp3) is 0.167. The van der Waals surface area contributed by atoms with E-state index in [1.54, 1.807) is 18.3 Å². The number of carbonyl (C=O) groups is 2. The summed E-state index contributed by atoms with van der Waals surface area (Å²) in [6.07, 6.45) is 6.11. The molecule has 2 aromatic rings. The van der Waals surface area contributed by atoms with Crippen molar-refractivity contribution in [2.24, 2.45) is 0 Å². The lowest BCUT2D eigenvalue weighted by atomic mass is 10.2. The van der Waals surface area contributed by atoms with E-state index in [-0.39, 0.29) is 6.42 Å². The molecule has 4 N–H and O–H groups in total. The number of anilines is 1. The Labute approximate surface area is 114 Å². The summed E-state index contributed by atoms with van der Waals surface area (Å²) in [4.78, 5) is 33.3. The van der Waals surface area contributed by atoms with Gasteiger partial charge in [-0.15, -0.1) is 0 Å². The highest BCUT2D eigenvalue weighted by Gasteiger charge is 2.21. The van der Waals surface area contributed by atoms with Crippen LogP contribution in [0.3, 0.4) is 0 Å². The van der Waals surface area contributed by atoms with E-state index in [1.165, 1.54) is 18.7 Å². The fourth-order valence-electron chi connectivity index (χ4n) is 1.58. The summed E-state index contributed by atoms with van der Waals surface area (Å²) < 4.78 is 0. The van der Waals surface area contributed by atoms with Crippen LogP contribution in [0.5, 0.6) is 0 Å². The number of carbonyl (C=O) groups excluding carboxylic acids is 1. The number of carboxylic acids is 1. The zero-order chi connectivity index (χ0) is 14.4. The number of pyridine rings is 1. The number of aliphatic carboxylic acids is 1. The first-order valence-electron chi connectivity index (χ1n) is 5.83. The Hall–Kier alpha value is -2.90. The van der Waals surface area contributed by atoms with Gasteiger partial charge < -0.3 is 20.7 Å². The molecule has 0 bridgehead atoms. The van der Waals surface area contributed by atoms with Gasteiger partial charge in [-0.25, -0.2) is 14.6 Å². The van der Waals surface area contributed by atoms with Crippen molar-refractivity contribution in [1.29, 1.82) is 0 Å². The molecule has 20 heavy (non-hydrogen) atoms. The maximum Gasteiger partial charge on any atom is 0.326 e. The molecule has 8 nitrogen and oxygen atoms in total. The Balaban J connectivity index is 1.94. The molecule has 0 aliphatic heterocycles. The van der Waals surface area contributed by atoms with Crippen LogP contribution in [-0.4, -0.2) is 38.1 Å². The lowest BCUT2D eigenvalue weighted by Gasteiger charge is -2.14. The summed E-state index contributed by atoms with van der Waals surface area (Å²) >= 11 is 0. The van der Waals surface area contributed by atoms with Gasteiger partial charge in [0.25, 0.3) is 0 Å². The Morgan fingerprint density at radius 3 is 2.80 bits per heavy atom. The van der Waals surface area contributed by atoms with Gasteiger partial charge >= 0.3 is 12.0 Å². The summed E-state index contributed by atoms with van der Waals surface area (Å²) in [5.74, 6) is -1.12. The van der Waals surface area contributed by atoms with Crippen molar-refractivity contribution < 1.29 is 14.7 Å². The molecule has 0 radical (unpaired) electrons. The van der Waals surface area contributed by atoms with Crippen molar-refractivity contribution in [3.63, 3.8) is 0 Å². The SMILES string of the molecule is O=C(Nc1cccnc1)NC(Cc1cnc[nH]1)C(=O)O. The summed E-state index contributed by atoms with van der Waals surface area (Å²) in [7, 11) is 0. The number of nitrogens with zero attached hydrogens (tertiary/aromatic N) is 2. The van der Waals surface area contributed by atoms with Crippen molar-refractivity contribution in [3.05, 3.63) is 42.7 Å². The van der Waals surface area contributed by atoms with Crippen LogP contribution in [0.4, 0.5) is 10.5 Å². The van der Waals surface area contributed by atoms with Crippen LogP contribution in [-0.2, 0) is 11.2 Å². The van der Waals surface area contributed by atoms with Crippen LogP contribution in [0.15, 0.2) is 37.1 Å². The molecule has 104 valence electrons. The van der Waals surface area contributed by atoms with Crippen LogP contribution in [0.2, 0.25) is 0 Å². The number of amides is 2. The normalized spacial score (nSPS) is 11.6. The Morgan fingerprint density at radius 2 is 2.20 bits per heavy atom. The number of imidazole rings is 1. The highest BCUT2D eigenvalue weighted by atomic mass is 16.4. The smallest absolute Gasteiger partial charge is 0.326 e. The Bertz CT molecular complexity index is 570. The van der Waals surface area contributed by atoms with Gasteiger partial charge in [0.2, 0.25) is 0 Å². The zero-order valence-electron chi connectivity index (χ0n) is 10.4. The quantitative estimate of drug-likeness (QED) is 0.637. The van der Waals surface area contributed by atoms with Crippen LogP contribution in [0, 0.1) is 0 Å². The van der Waals surface area contributed by atoms with Crippen LogP contribution >= 0.6 is 0 Å². The van der Waals surface area contributed by atoms with E-state index in [9.17, 15) is 9.59 Å². The summed E-state index contributed by atoms with van der Waals surface area (Å²) in [5, 5.41) is 14.0. The minimum absolute atomic E-state index is 0.121. The number of rotatable bonds is 5. The largest absolute Gasteiger partial charge is 0.480 e. The summed E-state index contributed by atoms with van der Waals surface area (Å²) in [6, 6.07) is 1.66. The third-order valence-electron chi connectivity index (χ3n) is 2.50. The molecule has 0 aromatic carbocycles. The van der Waals surface area contributed by atoms with E-state index in [1.807, 2.05) is 0 Å². The van der Waals surface area contributed by atoms with Crippen molar-refractivity contribution in [2.75, 3.05) is 5.32 Å². The first-order chi connectivity index (χ1) is 9.65. The third kappa shape index (κ3) is 3.80. The molecule has 0 fully saturated rings. The third-order valence-corrected chi connectivity index (χ3v) is 2.50. The zero-order valence-corrected chi connectivity index (χ0v) is 10.4. The van der Waals surface area contributed by atoms with Gasteiger partial charge in [0.1, 0.15) is 6.04 Å². The maximum atomic E-state index is 11.7. The number of aromatic nitrogens is 3. The number of hydrogen-bond acceptors (Lipinski definition) is 4. The first-order valence-corrected chi connectivity index (χ1v) is 5.83. The molecular formula is C12H13N5O3. The second-order valence-electron chi connectivity index (χ2n) is 4.01. The number of H-pyrrole nitrogens is 1. The molecule has 0 aliphatic rings. The van der Waals surface area contributed by atoms with Crippen molar-refractivity contribution in [1.82, 2.24) is 20.3 Å².